The van der Waals surface area contributed by atoms with E-state index in [1.54, 1.807) is 17.2 Å². The first-order valence-corrected chi connectivity index (χ1v) is 3.63. The molecule has 1 aromatic heterocycles. The van der Waals surface area contributed by atoms with E-state index in [9.17, 15) is 4.79 Å². The highest BCUT2D eigenvalue weighted by Crippen LogP contribution is 2.20. The van der Waals surface area contributed by atoms with Gasteiger partial charge in [0.05, 0.1) is 5.69 Å². The van der Waals surface area contributed by atoms with E-state index in [2.05, 4.69) is 6.26 Å². The van der Waals surface area contributed by atoms with Gasteiger partial charge in [0.15, 0.2) is 6.26 Å². The lowest BCUT2D eigenvalue weighted by Gasteiger charge is -2.10. The smallest absolute Gasteiger partial charge is 0.227 e. The van der Waals surface area contributed by atoms with Crippen LogP contribution in [0.5, 0.6) is 0 Å². The quantitative estimate of drug-likeness (QED) is 0.602. The number of rotatable bonds is 1. The van der Waals surface area contributed by atoms with E-state index < -0.39 is 0 Å². The topological polar surface area (TPSA) is 33.5 Å². The highest BCUT2D eigenvalue weighted by Gasteiger charge is 2.21. The van der Waals surface area contributed by atoms with E-state index in [-0.39, 0.29) is 5.91 Å². The maximum absolute atomic E-state index is 11.1. The Balaban J connectivity index is 2.23. The summed E-state index contributed by atoms with van der Waals surface area (Å²) in [5.74, 6) is 0.180. The van der Waals surface area contributed by atoms with E-state index in [4.69, 9.17) is 4.42 Å². The summed E-state index contributed by atoms with van der Waals surface area (Å²) in [7, 11) is 0. The van der Waals surface area contributed by atoms with Crippen molar-refractivity contribution in [1.82, 2.24) is 0 Å². The largest absolute Gasteiger partial charge is 0.459 e. The van der Waals surface area contributed by atoms with E-state index in [1.807, 2.05) is 0 Å². The van der Waals surface area contributed by atoms with Crippen molar-refractivity contribution in [3.8, 4) is 0 Å². The van der Waals surface area contributed by atoms with E-state index in [1.165, 1.54) is 0 Å². The minimum Gasteiger partial charge on any atom is -0.459 e. The Kier molecular flexibility index (Phi) is 1.42. The fourth-order valence-corrected chi connectivity index (χ4v) is 1.29. The Morgan fingerprint density at radius 3 is 3.09 bits per heavy atom. The van der Waals surface area contributed by atoms with Crippen molar-refractivity contribution < 1.29 is 9.21 Å². The van der Waals surface area contributed by atoms with Crippen LogP contribution in [0.4, 0.5) is 5.69 Å². The van der Waals surface area contributed by atoms with Crippen molar-refractivity contribution in [2.45, 2.75) is 12.8 Å². The van der Waals surface area contributed by atoms with Gasteiger partial charge in [0.1, 0.15) is 6.26 Å². The van der Waals surface area contributed by atoms with Crippen LogP contribution in [-0.4, -0.2) is 12.5 Å². The first kappa shape index (κ1) is 6.46. The summed E-state index contributed by atoms with van der Waals surface area (Å²) in [6.45, 7) is 0.812. The highest BCUT2D eigenvalue weighted by atomic mass is 16.3. The van der Waals surface area contributed by atoms with Crippen molar-refractivity contribution in [1.29, 1.82) is 0 Å². The van der Waals surface area contributed by atoms with Crippen LogP contribution in [0.1, 0.15) is 12.8 Å². The molecule has 3 heteroatoms. The van der Waals surface area contributed by atoms with Crippen molar-refractivity contribution in [3.05, 3.63) is 18.6 Å². The maximum atomic E-state index is 11.1. The summed E-state index contributed by atoms with van der Waals surface area (Å²) in [6.07, 6.45) is 5.71. The average molecular weight is 150 g/mol. The van der Waals surface area contributed by atoms with Crippen LogP contribution < -0.4 is 4.90 Å². The monoisotopic (exact) mass is 150 g/mol. The van der Waals surface area contributed by atoms with Gasteiger partial charge in [-0.15, -0.1) is 0 Å². The number of furan rings is 1. The molecule has 0 aromatic carbocycles. The number of anilines is 1. The zero-order chi connectivity index (χ0) is 7.68. The minimum absolute atomic E-state index is 0.180. The molecule has 1 aliphatic rings. The van der Waals surface area contributed by atoms with Gasteiger partial charge in [-0.1, -0.05) is 0 Å². The van der Waals surface area contributed by atoms with Crippen molar-refractivity contribution in [3.63, 3.8) is 0 Å². The standard InChI is InChI=1S/C8H8NO2/c10-8-2-1-4-9(8)7-3-5-11-6-7/h3,6H,1-2,4H2. The zero-order valence-electron chi connectivity index (χ0n) is 6.04. The van der Waals surface area contributed by atoms with Crippen molar-refractivity contribution in [2.75, 3.05) is 11.4 Å². The Labute approximate surface area is 64.6 Å². The molecule has 0 N–H and O–H groups in total. The number of hydrogen-bond acceptors (Lipinski definition) is 2. The molecule has 1 saturated heterocycles. The second kappa shape index (κ2) is 2.42. The normalized spacial score (nSPS) is 17.8. The molecule has 0 spiro atoms. The summed E-state index contributed by atoms with van der Waals surface area (Å²) in [4.78, 5) is 12.9. The Hall–Kier alpha value is -1.25. The molecule has 2 rings (SSSR count). The van der Waals surface area contributed by atoms with Crippen LogP contribution in [0.3, 0.4) is 0 Å². The molecule has 0 aliphatic carbocycles. The summed E-state index contributed by atoms with van der Waals surface area (Å²) >= 11 is 0. The molecule has 11 heavy (non-hydrogen) atoms. The predicted octanol–water partition coefficient (Wildman–Crippen LogP) is 1.21. The van der Waals surface area contributed by atoms with Gasteiger partial charge in [-0.25, -0.2) is 0 Å². The molecule has 2 heterocycles. The molecule has 57 valence electrons. The minimum atomic E-state index is 0.180. The average Bonchev–Trinajstić information content (AvgIpc) is 2.55. The Morgan fingerprint density at radius 2 is 2.55 bits per heavy atom. The first-order chi connectivity index (χ1) is 5.38. The number of carbonyl (C=O) groups is 1. The summed E-state index contributed by atoms with van der Waals surface area (Å²) in [5.41, 5.74) is 0.826. The molecule has 0 bridgehead atoms. The fraction of sp³-hybridized carbons (Fsp3) is 0.375. The summed E-state index contributed by atoms with van der Waals surface area (Å²) in [6, 6.07) is 1.68. The van der Waals surface area contributed by atoms with E-state index in [0.717, 1.165) is 18.7 Å². The number of carbonyl (C=O) groups excluding carboxylic acids is 1. The van der Waals surface area contributed by atoms with Gasteiger partial charge in [-0.3, -0.25) is 4.79 Å². The predicted molar refractivity (Wildman–Crippen MR) is 39.1 cm³/mol. The van der Waals surface area contributed by atoms with Crippen LogP contribution in [-0.2, 0) is 4.79 Å². The molecule has 1 fully saturated rings. The second-order valence-electron chi connectivity index (χ2n) is 2.57. The van der Waals surface area contributed by atoms with Crippen LogP contribution in [0.15, 0.2) is 16.7 Å². The molecule has 0 unspecified atom stereocenters. The van der Waals surface area contributed by atoms with Crippen molar-refractivity contribution in [2.24, 2.45) is 0 Å². The van der Waals surface area contributed by atoms with Gasteiger partial charge in [-0.2, -0.15) is 0 Å². The van der Waals surface area contributed by atoms with Gasteiger partial charge < -0.3 is 9.32 Å². The maximum Gasteiger partial charge on any atom is 0.227 e. The first-order valence-electron chi connectivity index (χ1n) is 3.63. The Bertz CT molecular complexity index is 253. The zero-order valence-corrected chi connectivity index (χ0v) is 6.04. The van der Waals surface area contributed by atoms with Crippen LogP contribution in [0.2, 0.25) is 0 Å². The molecule has 1 amide bonds. The highest BCUT2D eigenvalue weighted by molar-refractivity contribution is 5.94. The van der Waals surface area contributed by atoms with Crippen LogP contribution in [0.25, 0.3) is 0 Å². The number of hydrogen-bond donors (Lipinski definition) is 0. The fourth-order valence-electron chi connectivity index (χ4n) is 1.29. The lowest BCUT2D eigenvalue weighted by molar-refractivity contribution is -0.117. The van der Waals surface area contributed by atoms with Gasteiger partial charge in [-0.05, 0) is 6.42 Å². The third kappa shape index (κ3) is 1.02. The number of nitrogens with zero attached hydrogens (tertiary/aromatic N) is 1. The lowest BCUT2D eigenvalue weighted by Crippen LogP contribution is -2.22. The SMILES string of the molecule is O=C1CCCN1c1c[c]oc1. The molecule has 1 radical (unpaired) electrons. The third-order valence-electron chi connectivity index (χ3n) is 1.84. The van der Waals surface area contributed by atoms with Gasteiger partial charge >= 0.3 is 0 Å². The number of amides is 1. The molecule has 1 aliphatic heterocycles. The molecule has 1 aromatic rings. The van der Waals surface area contributed by atoms with Crippen LogP contribution in [0, 0.1) is 6.26 Å². The lowest BCUT2D eigenvalue weighted by atomic mass is 10.4. The van der Waals surface area contributed by atoms with E-state index in [0.29, 0.717) is 6.42 Å². The molecule has 0 saturated carbocycles. The molecule has 3 nitrogen and oxygen atoms in total. The van der Waals surface area contributed by atoms with Crippen molar-refractivity contribution >= 4 is 11.6 Å². The van der Waals surface area contributed by atoms with Gasteiger partial charge in [0, 0.05) is 19.0 Å². The molecular weight excluding hydrogens is 142 g/mol. The summed E-state index contributed by atoms with van der Waals surface area (Å²) in [5, 5.41) is 0. The van der Waals surface area contributed by atoms with Crippen LogP contribution >= 0.6 is 0 Å². The van der Waals surface area contributed by atoms with Gasteiger partial charge in [0.2, 0.25) is 5.91 Å². The molecule has 0 atom stereocenters. The third-order valence-corrected chi connectivity index (χ3v) is 1.84. The summed E-state index contributed by atoms with van der Waals surface area (Å²) < 4.78 is 4.76. The van der Waals surface area contributed by atoms with Gasteiger partial charge in [0.25, 0.3) is 0 Å². The second-order valence-corrected chi connectivity index (χ2v) is 2.57. The Morgan fingerprint density at radius 1 is 1.64 bits per heavy atom. The van der Waals surface area contributed by atoms with E-state index >= 15 is 0 Å². The molecular formula is C8H8NO2.